The highest BCUT2D eigenvalue weighted by Gasteiger charge is 2.30. The third-order valence-corrected chi connectivity index (χ3v) is 3.96. The van der Waals surface area contributed by atoms with Crippen LogP contribution in [-0.2, 0) is 12.7 Å². The van der Waals surface area contributed by atoms with Crippen molar-refractivity contribution in [1.82, 2.24) is 24.4 Å². The summed E-state index contributed by atoms with van der Waals surface area (Å²) < 4.78 is 41.4. The van der Waals surface area contributed by atoms with Gasteiger partial charge in [-0.25, -0.2) is 9.50 Å². The first kappa shape index (κ1) is 17.7. The molecule has 0 saturated carbocycles. The summed E-state index contributed by atoms with van der Waals surface area (Å²) in [5.41, 5.74) is 0.854. The number of halogens is 3. The second-order valence-corrected chi connectivity index (χ2v) is 6.03. The molecule has 142 valence electrons. The maximum absolute atomic E-state index is 12.8. The van der Waals surface area contributed by atoms with Crippen LogP contribution < -0.4 is 5.32 Å². The van der Waals surface area contributed by atoms with Crippen molar-refractivity contribution >= 4 is 17.2 Å². The number of nitrogens with one attached hydrogen (secondary N) is 1. The van der Waals surface area contributed by atoms with Crippen molar-refractivity contribution in [2.24, 2.45) is 0 Å². The van der Waals surface area contributed by atoms with Gasteiger partial charge in [0.2, 0.25) is 0 Å². The molecule has 0 spiro atoms. The molecule has 7 nitrogen and oxygen atoms in total. The van der Waals surface area contributed by atoms with Gasteiger partial charge < -0.3 is 5.32 Å². The molecule has 0 fully saturated rings. The first-order chi connectivity index (χ1) is 13.4. The van der Waals surface area contributed by atoms with E-state index in [1.807, 2.05) is 0 Å². The van der Waals surface area contributed by atoms with E-state index in [0.717, 1.165) is 12.1 Å². The summed E-state index contributed by atoms with van der Waals surface area (Å²) >= 11 is 0. The third kappa shape index (κ3) is 3.70. The zero-order valence-electron chi connectivity index (χ0n) is 14.3. The molecule has 0 radical (unpaired) electrons. The first-order valence-corrected chi connectivity index (χ1v) is 8.19. The minimum Gasteiger partial charge on any atom is -0.318 e. The molecule has 1 aromatic carbocycles. The van der Waals surface area contributed by atoms with Gasteiger partial charge in [0.1, 0.15) is 0 Å². The highest BCUT2D eigenvalue weighted by atomic mass is 19.4. The molecule has 3 aromatic heterocycles. The normalized spacial score (nSPS) is 11.7. The van der Waals surface area contributed by atoms with Crippen LogP contribution in [0.3, 0.4) is 0 Å². The quantitative estimate of drug-likeness (QED) is 0.584. The molecule has 3 heterocycles. The SMILES string of the molecule is O=C(Nc1cnn(Cc2cccc(C(F)(F)F)c2)c1)c1cc2ncccn2n1. The zero-order valence-corrected chi connectivity index (χ0v) is 14.3. The fourth-order valence-corrected chi connectivity index (χ4v) is 2.68. The summed E-state index contributed by atoms with van der Waals surface area (Å²) in [6, 6.07) is 8.26. The number of rotatable bonds is 4. The Balaban J connectivity index is 1.46. The Morgan fingerprint density at radius 3 is 2.82 bits per heavy atom. The van der Waals surface area contributed by atoms with Crippen LogP contribution in [0.4, 0.5) is 18.9 Å². The average molecular weight is 386 g/mol. The monoisotopic (exact) mass is 386 g/mol. The number of nitrogens with zero attached hydrogens (tertiary/aromatic N) is 5. The van der Waals surface area contributed by atoms with Crippen LogP contribution in [0.1, 0.15) is 21.6 Å². The highest BCUT2D eigenvalue weighted by molar-refractivity contribution is 6.03. The molecule has 0 aliphatic heterocycles. The summed E-state index contributed by atoms with van der Waals surface area (Å²) in [5.74, 6) is -0.441. The van der Waals surface area contributed by atoms with Gasteiger partial charge in [0.05, 0.1) is 24.0 Å². The number of amides is 1. The van der Waals surface area contributed by atoms with Crippen LogP contribution >= 0.6 is 0 Å². The number of hydrogen-bond donors (Lipinski definition) is 1. The van der Waals surface area contributed by atoms with E-state index in [0.29, 0.717) is 16.9 Å². The summed E-state index contributed by atoms with van der Waals surface area (Å²) in [7, 11) is 0. The predicted octanol–water partition coefficient (Wildman–Crippen LogP) is 3.25. The molecule has 4 aromatic rings. The van der Waals surface area contributed by atoms with Crippen LogP contribution in [0.15, 0.2) is 61.2 Å². The fraction of sp³-hybridized carbons (Fsp3) is 0.111. The van der Waals surface area contributed by atoms with Gasteiger partial charge in [0.15, 0.2) is 11.3 Å². The number of anilines is 1. The second kappa shape index (κ2) is 6.80. The second-order valence-electron chi connectivity index (χ2n) is 6.03. The number of benzene rings is 1. The molecule has 0 aliphatic rings. The molecule has 28 heavy (non-hydrogen) atoms. The van der Waals surface area contributed by atoms with Gasteiger partial charge in [-0.15, -0.1) is 0 Å². The summed E-state index contributed by atoms with van der Waals surface area (Å²) in [5, 5.41) is 10.9. The number of aromatic nitrogens is 5. The molecular formula is C18H13F3N6O. The topological polar surface area (TPSA) is 77.1 Å². The molecule has 0 saturated heterocycles. The molecule has 1 amide bonds. The lowest BCUT2D eigenvalue weighted by Crippen LogP contribution is -2.12. The third-order valence-electron chi connectivity index (χ3n) is 3.96. The Hall–Kier alpha value is -3.69. The molecular weight excluding hydrogens is 373 g/mol. The number of fused-ring (bicyclic) bond motifs is 1. The smallest absolute Gasteiger partial charge is 0.318 e. The number of carbonyl (C=O) groups excluding carboxylic acids is 1. The van der Waals surface area contributed by atoms with Crippen molar-refractivity contribution < 1.29 is 18.0 Å². The fourth-order valence-electron chi connectivity index (χ4n) is 2.68. The Kier molecular flexibility index (Phi) is 4.30. The molecule has 0 aliphatic carbocycles. The molecule has 0 unspecified atom stereocenters. The van der Waals surface area contributed by atoms with Crippen molar-refractivity contribution in [3.63, 3.8) is 0 Å². The van der Waals surface area contributed by atoms with E-state index in [1.165, 1.54) is 27.7 Å². The van der Waals surface area contributed by atoms with Gasteiger partial charge in [-0.05, 0) is 23.8 Å². The van der Waals surface area contributed by atoms with Crippen molar-refractivity contribution in [2.45, 2.75) is 12.7 Å². The van der Waals surface area contributed by atoms with E-state index < -0.39 is 17.6 Å². The predicted molar refractivity (Wildman–Crippen MR) is 93.7 cm³/mol. The van der Waals surface area contributed by atoms with Crippen molar-refractivity contribution in [2.75, 3.05) is 5.32 Å². The van der Waals surface area contributed by atoms with Crippen LogP contribution in [0.25, 0.3) is 5.65 Å². The van der Waals surface area contributed by atoms with E-state index in [1.54, 1.807) is 30.6 Å². The Bertz CT molecular complexity index is 1110. The van der Waals surface area contributed by atoms with Gasteiger partial charge in [0.25, 0.3) is 5.91 Å². The van der Waals surface area contributed by atoms with Crippen LogP contribution in [0, 0.1) is 0 Å². The molecule has 0 bridgehead atoms. The van der Waals surface area contributed by atoms with Crippen molar-refractivity contribution in [3.8, 4) is 0 Å². The van der Waals surface area contributed by atoms with Gasteiger partial charge in [-0.2, -0.15) is 23.4 Å². The van der Waals surface area contributed by atoms with E-state index in [2.05, 4.69) is 20.5 Å². The minimum absolute atomic E-state index is 0.137. The van der Waals surface area contributed by atoms with Crippen LogP contribution in [0.2, 0.25) is 0 Å². The Labute approximate surface area is 156 Å². The van der Waals surface area contributed by atoms with Gasteiger partial charge in [0, 0.05) is 24.7 Å². The summed E-state index contributed by atoms with van der Waals surface area (Å²) in [6.07, 6.45) is 1.82. The van der Waals surface area contributed by atoms with Gasteiger partial charge >= 0.3 is 6.18 Å². The van der Waals surface area contributed by atoms with Crippen molar-refractivity contribution in [3.05, 3.63) is 78.0 Å². The van der Waals surface area contributed by atoms with Gasteiger partial charge in [-0.1, -0.05) is 12.1 Å². The summed E-state index contributed by atoms with van der Waals surface area (Å²) in [6.45, 7) is 0.137. The van der Waals surface area contributed by atoms with E-state index >= 15 is 0 Å². The van der Waals surface area contributed by atoms with Crippen molar-refractivity contribution in [1.29, 1.82) is 0 Å². The largest absolute Gasteiger partial charge is 0.416 e. The highest BCUT2D eigenvalue weighted by Crippen LogP contribution is 2.29. The standard InChI is InChI=1S/C18H13F3N6O/c19-18(20,21)13-4-1-3-12(7-13)10-26-11-14(9-23-26)24-17(28)15-8-16-22-5-2-6-27(16)25-15/h1-9,11H,10H2,(H,24,28). The zero-order chi connectivity index (χ0) is 19.7. The lowest BCUT2D eigenvalue weighted by atomic mass is 10.1. The lowest BCUT2D eigenvalue weighted by Gasteiger charge is -2.08. The number of alkyl halides is 3. The Morgan fingerprint density at radius 1 is 1.18 bits per heavy atom. The van der Waals surface area contributed by atoms with Gasteiger partial charge in [-0.3, -0.25) is 9.48 Å². The van der Waals surface area contributed by atoms with Crippen LogP contribution in [-0.4, -0.2) is 30.3 Å². The minimum atomic E-state index is -4.40. The molecule has 0 atom stereocenters. The van der Waals surface area contributed by atoms with E-state index in [9.17, 15) is 18.0 Å². The average Bonchev–Trinajstić information content (AvgIpc) is 3.28. The maximum Gasteiger partial charge on any atom is 0.416 e. The first-order valence-electron chi connectivity index (χ1n) is 8.19. The molecule has 1 N–H and O–H groups in total. The maximum atomic E-state index is 12.8. The van der Waals surface area contributed by atoms with E-state index in [4.69, 9.17) is 0 Å². The molecule has 10 heteroatoms. The number of carbonyl (C=O) groups is 1. The van der Waals surface area contributed by atoms with E-state index in [-0.39, 0.29) is 12.2 Å². The molecule has 4 rings (SSSR count). The Morgan fingerprint density at radius 2 is 2.04 bits per heavy atom. The van der Waals surface area contributed by atoms with Crippen LogP contribution in [0.5, 0.6) is 0 Å². The lowest BCUT2D eigenvalue weighted by molar-refractivity contribution is -0.137. The summed E-state index contributed by atoms with van der Waals surface area (Å²) in [4.78, 5) is 16.4. The number of hydrogen-bond acceptors (Lipinski definition) is 4.